The number of aromatic nitrogens is 2. The second kappa shape index (κ2) is 7.84. The first-order valence-electron chi connectivity index (χ1n) is 7.71. The van der Waals surface area contributed by atoms with Crippen LogP contribution in [0.2, 0.25) is 0 Å². The summed E-state index contributed by atoms with van der Waals surface area (Å²) in [7, 11) is 0. The van der Waals surface area contributed by atoms with Gasteiger partial charge in [0, 0.05) is 31.6 Å². The van der Waals surface area contributed by atoms with Crippen molar-refractivity contribution in [1.29, 1.82) is 0 Å². The Kier molecular flexibility index (Phi) is 5.81. The Morgan fingerprint density at radius 1 is 1.19 bits per heavy atom. The van der Waals surface area contributed by atoms with Crippen LogP contribution < -0.4 is 5.32 Å². The highest BCUT2D eigenvalue weighted by Crippen LogP contribution is 2.17. The summed E-state index contributed by atoms with van der Waals surface area (Å²) in [4.78, 5) is 4.56. The average Bonchev–Trinajstić information content (AvgIpc) is 2.88. The number of nitrogens with zero attached hydrogens (tertiary/aromatic N) is 2. The van der Waals surface area contributed by atoms with E-state index in [1.807, 2.05) is 13.8 Å². The summed E-state index contributed by atoms with van der Waals surface area (Å²) in [6.45, 7) is 8.63. The molecule has 1 aromatic heterocycles. The minimum Gasteiger partial charge on any atom is -0.382 e. The molecular weight excluding hydrogens is 262 g/mol. The second-order valence-electron chi connectivity index (χ2n) is 5.07. The molecule has 0 bridgehead atoms. The largest absolute Gasteiger partial charge is 0.382 e. The molecule has 0 radical (unpaired) electrons. The number of anilines is 1. The number of benzene rings is 1. The van der Waals surface area contributed by atoms with Crippen molar-refractivity contribution >= 4 is 5.95 Å². The molecule has 4 heteroatoms. The molecule has 4 nitrogen and oxygen atoms in total. The van der Waals surface area contributed by atoms with Crippen LogP contribution >= 0.6 is 0 Å². The predicted octanol–water partition coefficient (Wildman–Crippen LogP) is 3.58. The van der Waals surface area contributed by atoms with Crippen molar-refractivity contribution in [3.05, 3.63) is 41.7 Å². The van der Waals surface area contributed by atoms with Gasteiger partial charge in [-0.1, -0.05) is 19.1 Å². The lowest BCUT2D eigenvalue weighted by Gasteiger charge is -2.10. The number of hydrogen-bond acceptors (Lipinski definition) is 3. The van der Waals surface area contributed by atoms with Gasteiger partial charge in [0.15, 0.2) is 0 Å². The lowest BCUT2D eigenvalue weighted by molar-refractivity contribution is 0.147. The fourth-order valence-electron chi connectivity index (χ4n) is 2.23. The molecule has 21 heavy (non-hydrogen) atoms. The average molecular weight is 287 g/mol. The molecule has 0 aliphatic carbocycles. The lowest BCUT2D eigenvalue weighted by atomic mass is 10.1. The maximum Gasteiger partial charge on any atom is 0.207 e. The second-order valence-corrected chi connectivity index (χ2v) is 5.07. The summed E-state index contributed by atoms with van der Waals surface area (Å²) in [5.41, 5.74) is 3.50. The number of nitrogens with one attached hydrogen (secondary N) is 1. The summed E-state index contributed by atoms with van der Waals surface area (Å²) < 4.78 is 7.46. The third-order valence-electron chi connectivity index (χ3n) is 3.40. The zero-order valence-corrected chi connectivity index (χ0v) is 13.2. The van der Waals surface area contributed by atoms with Crippen molar-refractivity contribution in [2.24, 2.45) is 0 Å². The van der Waals surface area contributed by atoms with Crippen LogP contribution in [0.4, 0.5) is 5.95 Å². The number of aryl methyl sites for hydroxylation is 2. The molecule has 0 aliphatic heterocycles. The number of ether oxygens (including phenoxy) is 1. The first-order chi connectivity index (χ1) is 10.2. The highest BCUT2D eigenvalue weighted by Gasteiger charge is 2.07. The Morgan fingerprint density at radius 2 is 1.95 bits per heavy atom. The molecule has 0 fully saturated rings. The van der Waals surface area contributed by atoms with Crippen molar-refractivity contribution in [3.63, 3.8) is 0 Å². The summed E-state index contributed by atoms with van der Waals surface area (Å²) in [6, 6.07) is 8.63. The molecule has 0 atom stereocenters. The van der Waals surface area contributed by atoms with E-state index in [0.717, 1.165) is 49.9 Å². The Morgan fingerprint density at radius 3 is 2.62 bits per heavy atom. The molecule has 0 saturated carbocycles. The van der Waals surface area contributed by atoms with Gasteiger partial charge >= 0.3 is 0 Å². The minimum atomic E-state index is 0.775. The van der Waals surface area contributed by atoms with E-state index in [-0.39, 0.29) is 0 Å². The van der Waals surface area contributed by atoms with Gasteiger partial charge in [0.1, 0.15) is 0 Å². The third kappa shape index (κ3) is 4.33. The Labute approximate surface area is 127 Å². The van der Waals surface area contributed by atoms with Gasteiger partial charge in [-0.2, -0.15) is 0 Å². The summed E-state index contributed by atoms with van der Waals surface area (Å²) in [5.74, 6) is 0.897. The quantitative estimate of drug-likeness (QED) is 0.754. The molecule has 1 heterocycles. The molecule has 0 aliphatic rings. The first-order valence-corrected chi connectivity index (χ1v) is 7.71. The van der Waals surface area contributed by atoms with Crippen LogP contribution in [0.3, 0.4) is 0 Å². The van der Waals surface area contributed by atoms with Gasteiger partial charge in [-0.05, 0) is 44.4 Å². The maximum atomic E-state index is 5.35. The molecule has 0 spiro atoms. The Balaban J connectivity index is 2.05. The van der Waals surface area contributed by atoms with Crippen molar-refractivity contribution in [1.82, 2.24) is 9.55 Å². The minimum absolute atomic E-state index is 0.775. The molecule has 114 valence electrons. The van der Waals surface area contributed by atoms with Crippen LogP contribution in [0, 0.1) is 6.92 Å². The van der Waals surface area contributed by atoms with Crippen molar-refractivity contribution in [2.45, 2.75) is 33.6 Å². The summed E-state index contributed by atoms with van der Waals surface area (Å²) in [5, 5.41) is 3.39. The van der Waals surface area contributed by atoms with Gasteiger partial charge in [0.05, 0.1) is 5.69 Å². The van der Waals surface area contributed by atoms with E-state index in [2.05, 4.69) is 52.3 Å². The van der Waals surface area contributed by atoms with Crippen LogP contribution in [0.25, 0.3) is 5.69 Å². The van der Waals surface area contributed by atoms with E-state index in [4.69, 9.17) is 4.74 Å². The smallest absolute Gasteiger partial charge is 0.207 e. The van der Waals surface area contributed by atoms with Crippen LogP contribution in [-0.2, 0) is 11.2 Å². The van der Waals surface area contributed by atoms with E-state index in [1.165, 1.54) is 5.56 Å². The van der Waals surface area contributed by atoms with Crippen molar-refractivity contribution in [3.8, 4) is 5.69 Å². The fourth-order valence-corrected chi connectivity index (χ4v) is 2.23. The van der Waals surface area contributed by atoms with Gasteiger partial charge in [-0.15, -0.1) is 0 Å². The van der Waals surface area contributed by atoms with E-state index >= 15 is 0 Å². The third-order valence-corrected chi connectivity index (χ3v) is 3.40. The van der Waals surface area contributed by atoms with E-state index in [9.17, 15) is 0 Å². The highest BCUT2D eigenvalue weighted by atomic mass is 16.5. The standard InChI is InChI=1S/C17H25N3O/c1-4-15-7-9-16(10-8-15)20-13-14(3)19-17(20)18-11-6-12-21-5-2/h7-10,13H,4-6,11-12H2,1-3H3,(H,18,19). The van der Waals surface area contributed by atoms with Crippen LogP contribution in [0.1, 0.15) is 31.5 Å². The maximum absolute atomic E-state index is 5.35. The molecule has 1 N–H and O–H groups in total. The Bertz CT molecular complexity index is 546. The zero-order chi connectivity index (χ0) is 15.1. The SMILES string of the molecule is CCOCCCNc1nc(C)cn1-c1ccc(CC)cc1. The molecule has 0 saturated heterocycles. The molecule has 1 aromatic carbocycles. The van der Waals surface area contributed by atoms with Gasteiger partial charge in [0.2, 0.25) is 5.95 Å². The van der Waals surface area contributed by atoms with E-state index in [1.54, 1.807) is 0 Å². The van der Waals surface area contributed by atoms with Gasteiger partial charge < -0.3 is 10.1 Å². The zero-order valence-electron chi connectivity index (χ0n) is 13.2. The topological polar surface area (TPSA) is 39.1 Å². The molecule has 0 unspecified atom stereocenters. The number of rotatable bonds is 8. The van der Waals surface area contributed by atoms with Crippen LogP contribution in [-0.4, -0.2) is 29.3 Å². The van der Waals surface area contributed by atoms with Gasteiger partial charge in [-0.3, -0.25) is 4.57 Å². The van der Waals surface area contributed by atoms with E-state index in [0.29, 0.717) is 0 Å². The highest BCUT2D eigenvalue weighted by molar-refractivity contribution is 5.44. The molecule has 2 rings (SSSR count). The van der Waals surface area contributed by atoms with Crippen LogP contribution in [0.5, 0.6) is 0 Å². The molecular formula is C17H25N3O. The number of hydrogen-bond donors (Lipinski definition) is 1. The van der Waals surface area contributed by atoms with E-state index < -0.39 is 0 Å². The molecule has 0 amide bonds. The van der Waals surface area contributed by atoms with Crippen molar-refractivity contribution in [2.75, 3.05) is 25.1 Å². The molecule has 2 aromatic rings. The van der Waals surface area contributed by atoms with Gasteiger partial charge in [0.25, 0.3) is 0 Å². The first kappa shape index (κ1) is 15.6. The fraction of sp³-hybridized carbons (Fsp3) is 0.471. The van der Waals surface area contributed by atoms with Crippen LogP contribution in [0.15, 0.2) is 30.5 Å². The number of imidazole rings is 1. The summed E-state index contributed by atoms with van der Waals surface area (Å²) >= 11 is 0. The Hall–Kier alpha value is -1.81. The lowest BCUT2D eigenvalue weighted by Crippen LogP contribution is -2.10. The predicted molar refractivity (Wildman–Crippen MR) is 87.3 cm³/mol. The summed E-state index contributed by atoms with van der Waals surface area (Å²) in [6.07, 6.45) is 4.10. The van der Waals surface area contributed by atoms with Crippen molar-refractivity contribution < 1.29 is 4.74 Å². The monoisotopic (exact) mass is 287 g/mol. The normalized spacial score (nSPS) is 10.8. The van der Waals surface area contributed by atoms with Gasteiger partial charge in [-0.25, -0.2) is 4.98 Å².